The molecule has 0 fully saturated rings. The Bertz CT molecular complexity index is 401. The molecule has 0 aromatic heterocycles. The molecule has 16 heavy (non-hydrogen) atoms. The summed E-state index contributed by atoms with van der Waals surface area (Å²) in [5.41, 5.74) is 2.68. The van der Waals surface area contributed by atoms with Crippen LogP contribution >= 0.6 is 0 Å². The number of rotatable bonds is 4. The number of carboxylic acid groups (broad SMARTS) is 1. The fourth-order valence-electron chi connectivity index (χ4n) is 1.36. The number of carbonyl (C=O) groups is 1. The maximum Gasteiger partial charge on any atom is 0.161 e. The highest BCUT2D eigenvalue weighted by molar-refractivity contribution is 5.77. The number of benzene rings is 1. The van der Waals surface area contributed by atoms with Gasteiger partial charge in [-0.2, -0.15) is 0 Å². The van der Waals surface area contributed by atoms with Crippen molar-refractivity contribution in [1.29, 1.82) is 0 Å². The summed E-state index contributed by atoms with van der Waals surface area (Å²) in [5, 5.41) is 11.0. The van der Waals surface area contributed by atoms with E-state index in [-0.39, 0.29) is 0 Å². The molecule has 5 nitrogen and oxygen atoms in total. The van der Waals surface area contributed by atoms with Crippen LogP contribution in [-0.2, 0) is 10.3 Å². The first-order valence-corrected chi connectivity index (χ1v) is 4.72. The number of hydrogen-bond donors (Lipinski definition) is 1. The van der Waals surface area contributed by atoms with Crippen molar-refractivity contribution < 1.29 is 25.1 Å². The van der Waals surface area contributed by atoms with E-state index in [0.717, 1.165) is 0 Å². The van der Waals surface area contributed by atoms with Crippen molar-refractivity contribution in [3.8, 4) is 11.5 Å². The first-order valence-electron chi connectivity index (χ1n) is 4.72. The Labute approximate surface area is 93.8 Å². The lowest BCUT2D eigenvalue weighted by Gasteiger charge is -2.24. The largest absolute Gasteiger partial charge is 0.543 e. The molecule has 1 aromatic carbocycles. The standard InChI is InChI=1S/C11H15NO4/c1-11(12,10(13)14)8-6-7(15-2)4-5-9(8)16-3/h4-6H,12H2,1-3H3,(H,13,14)/t11-/m1/s1. The molecule has 88 valence electrons. The summed E-state index contributed by atoms with van der Waals surface area (Å²) in [6.45, 7) is 1.46. The molecule has 0 amide bonds. The maximum absolute atomic E-state index is 11.0. The van der Waals surface area contributed by atoms with E-state index in [1.807, 2.05) is 0 Å². The van der Waals surface area contributed by atoms with Gasteiger partial charge in [0.05, 0.1) is 19.8 Å². The molecular weight excluding hydrogens is 210 g/mol. The Kier molecular flexibility index (Phi) is 3.39. The zero-order valence-corrected chi connectivity index (χ0v) is 9.57. The topological polar surface area (TPSA) is 86.2 Å². The summed E-state index contributed by atoms with van der Waals surface area (Å²) >= 11 is 0. The van der Waals surface area contributed by atoms with E-state index >= 15 is 0 Å². The third kappa shape index (κ3) is 2.09. The predicted octanol–water partition coefficient (Wildman–Crippen LogP) is -1.09. The number of ether oxygens (including phenoxy) is 2. The summed E-state index contributed by atoms with van der Waals surface area (Å²) < 4.78 is 10.1. The van der Waals surface area contributed by atoms with Crippen LogP contribution < -0.4 is 20.3 Å². The molecule has 0 bridgehead atoms. The number of methoxy groups -OCH3 is 2. The molecule has 0 spiro atoms. The van der Waals surface area contributed by atoms with Gasteiger partial charge in [0.15, 0.2) is 5.54 Å². The molecule has 3 N–H and O–H groups in total. The molecule has 1 aromatic rings. The van der Waals surface area contributed by atoms with Gasteiger partial charge in [0.2, 0.25) is 0 Å². The summed E-state index contributed by atoms with van der Waals surface area (Å²) in [6, 6.07) is 4.91. The Morgan fingerprint density at radius 2 is 2.00 bits per heavy atom. The second-order valence-corrected chi connectivity index (χ2v) is 3.69. The lowest BCUT2D eigenvalue weighted by Crippen LogP contribution is -2.75. The van der Waals surface area contributed by atoms with Gasteiger partial charge in [-0.1, -0.05) is 0 Å². The highest BCUT2D eigenvalue weighted by Crippen LogP contribution is 2.30. The van der Waals surface area contributed by atoms with Gasteiger partial charge in [-0.05, 0) is 18.2 Å². The van der Waals surface area contributed by atoms with Crippen LogP contribution in [0.15, 0.2) is 18.2 Å². The zero-order valence-electron chi connectivity index (χ0n) is 9.57. The molecule has 0 saturated carbocycles. The summed E-state index contributed by atoms with van der Waals surface area (Å²) in [4.78, 5) is 11.0. The van der Waals surface area contributed by atoms with Gasteiger partial charge in [-0.15, -0.1) is 0 Å². The Hall–Kier alpha value is -1.75. The van der Waals surface area contributed by atoms with Crippen LogP contribution in [0.4, 0.5) is 0 Å². The number of quaternary nitrogens is 1. The van der Waals surface area contributed by atoms with Crippen LogP contribution in [0.2, 0.25) is 0 Å². The summed E-state index contributed by atoms with van der Waals surface area (Å²) in [5.74, 6) is -0.270. The van der Waals surface area contributed by atoms with Gasteiger partial charge >= 0.3 is 0 Å². The van der Waals surface area contributed by atoms with E-state index in [1.54, 1.807) is 18.2 Å². The second-order valence-electron chi connectivity index (χ2n) is 3.69. The van der Waals surface area contributed by atoms with Gasteiger partial charge in [0, 0.05) is 6.92 Å². The minimum atomic E-state index is -1.38. The van der Waals surface area contributed by atoms with Crippen LogP contribution in [-0.4, -0.2) is 20.2 Å². The first-order chi connectivity index (χ1) is 7.43. The average molecular weight is 225 g/mol. The molecular formula is C11H15NO4. The normalized spacial score (nSPS) is 14.0. The lowest BCUT2D eigenvalue weighted by molar-refractivity contribution is -0.489. The van der Waals surface area contributed by atoms with E-state index in [2.05, 4.69) is 5.73 Å². The molecule has 0 heterocycles. The van der Waals surface area contributed by atoms with Crippen molar-refractivity contribution in [2.45, 2.75) is 12.5 Å². The van der Waals surface area contributed by atoms with Crippen LogP contribution in [0.25, 0.3) is 0 Å². The molecule has 1 atom stereocenters. The quantitative estimate of drug-likeness (QED) is 0.705. The van der Waals surface area contributed by atoms with Crippen molar-refractivity contribution in [2.24, 2.45) is 0 Å². The van der Waals surface area contributed by atoms with Crippen molar-refractivity contribution in [1.82, 2.24) is 0 Å². The van der Waals surface area contributed by atoms with Crippen molar-refractivity contribution in [3.05, 3.63) is 23.8 Å². The van der Waals surface area contributed by atoms with Gasteiger partial charge in [0.1, 0.15) is 17.5 Å². The predicted molar refractivity (Wildman–Crippen MR) is 54.8 cm³/mol. The fraction of sp³-hybridized carbons (Fsp3) is 0.364. The molecule has 0 unspecified atom stereocenters. The van der Waals surface area contributed by atoms with E-state index in [0.29, 0.717) is 17.1 Å². The third-order valence-corrected chi connectivity index (χ3v) is 2.45. The van der Waals surface area contributed by atoms with Crippen LogP contribution in [0, 0.1) is 0 Å². The molecule has 0 aliphatic carbocycles. The number of carbonyl (C=O) groups excluding carboxylic acids is 1. The lowest BCUT2D eigenvalue weighted by atomic mass is 9.92. The zero-order chi connectivity index (χ0) is 12.3. The van der Waals surface area contributed by atoms with Crippen molar-refractivity contribution >= 4 is 5.97 Å². The van der Waals surface area contributed by atoms with E-state index in [9.17, 15) is 9.90 Å². The summed E-state index contributed by atoms with van der Waals surface area (Å²) in [7, 11) is 2.97. The van der Waals surface area contributed by atoms with Crippen molar-refractivity contribution in [2.75, 3.05) is 14.2 Å². The Balaban J connectivity index is 3.34. The smallest absolute Gasteiger partial charge is 0.161 e. The highest BCUT2D eigenvalue weighted by Gasteiger charge is 2.31. The van der Waals surface area contributed by atoms with Crippen LogP contribution in [0.1, 0.15) is 12.5 Å². The third-order valence-electron chi connectivity index (χ3n) is 2.45. The molecule has 0 radical (unpaired) electrons. The minimum absolute atomic E-state index is 0.425. The number of hydrogen-bond acceptors (Lipinski definition) is 4. The Morgan fingerprint density at radius 1 is 1.38 bits per heavy atom. The van der Waals surface area contributed by atoms with E-state index < -0.39 is 11.5 Å². The molecule has 0 saturated heterocycles. The SMILES string of the molecule is COc1ccc(OC)c([C@@](C)([NH3+])C(=O)[O-])c1. The van der Waals surface area contributed by atoms with Gasteiger partial charge in [0.25, 0.3) is 0 Å². The van der Waals surface area contributed by atoms with Crippen LogP contribution in [0.5, 0.6) is 11.5 Å². The number of carboxylic acids is 1. The fourth-order valence-corrected chi connectivity index (χ4v) is 1.36. The van der Waals surface area contributed by atoms with E-state index in [1.165, 1.54) is 21.1 Å². The second kappa shape index (κ2) is 4.40. The molecule has 0 aliphatic heterocycles. The highest BCUT2D eigenvalue weighted by atomic mass is 16.5. The molecule has 0 aliphatic rings. The van der Waals surface area contributed by atoms with Crippen molar-refractivity contribution in [3.63, 3.8) is 0 Å². The minimum Gasteiger partial charge on any atom is -0.543 e. The first kappa shape index (κ1) is 12.3. The average Bonchev–Trinajstić information content (AvgIpc) is 2.27. The van der Waals surface area contributed by atoms with Gasteiger partial charge < -0.3 is 25.1 Å². The van der Waals surface area contributed by atoms with Gasteiger partial charge in [-0.25, -0.2) is 0 Å². The maximum atomic E-state index is 11.0. The van der Waals surface area contributed by atoms with Crippen LogP contribution in [0.3, 0.4) is 0 Å². The molecule has 1 rings (SSSR count). The molecule has 5 heteroatoms. The Morgan fingerprint density at radius 3 is 2.44 bits per heavy atom. The van der Waals surface area contributed by atoms with Gasteiger partial charge in [-0.3, -0.25) is 0 Å². The van der Waals surface area contributed by atoms with E-state index in [4.69, 9.17) is 9.47 Å². The monoisotopic (exact) mass is 225 g/mol. The number of aliphatic carboxylic acids is 1. The summed E-state index contributed by atoms with van der Waals surface area (Å²) in [6.07, 6.45) is 0.